The number of carbonyl (C=O) groups is 1. The number of amides is 1. The molecule has 0 spiro atoms. The molecule has 116 valence electrons. The maximum Gasteiger partial charge on any atom is 0.416 e. The van der Waals surface area contributed by atoms with Crippen molar-refractivity contribution in [3.05, 3.63) is 59.1 Å². The van der Waals surface area contributed by atoms with Gasteiger partial charge in [-0.3, -0.25) is 4.79 Å². The third kappa shape index (κ3) is 4.68. The first-order valence-electron chi connectivity index (χ1n) is 6.21. The van der Waals surface area contributed by atoms with E-state index in [4.69, 9.17) is 11.6 Å². The number of hydrogen-bond acceptors (Lipinski definition) is 2. The van der Waals surface area contributed by atoms with Gasteiger partial charge in [-0.1, -0.05) is 29.8 Å². The molecule has 0 radical (unpaired) electrons. The van der Waals surface area contributed by atoms with Crippen LogP contribution >= 0.6 is 23.4 Å². The van der Waals surface area contributed by atoms with Gasteiger partial charge in [0.05, 0.1) is 22.0 Å². The molecule has 0 aliphatic heterocycles. The smallest absolute Gasteiger partial charge is 0.324 e. The van der Waals surface area contributed by atoms with Crippen LogP contribution in [-0.4, -0.2) is 11.7 Å². The van der Waals surface area contributed by atoms with Crippen LogP contribution in [0.5, 0.6) is 0 Å². The van der Waals surface area contributed by atoms with E-state index in [2.05, 4.69) is 5.32 Å². The summed E-state index contributed by atoms with van der Waals surface area (Å²) in [5, 5.41) is 2.46. The van der Waals surface area contributed by atoms with Gasteiger partial charge in [-0.15, -0.1) is 11.8 Å². The molecular weight excluding hydrogens is 335 g/mol. The second-order valence-corrected chi connectivity index (χ2v) is 5.80. The fourth-order valence-electron chi connectivity index (χ4n) is 1.65. The van der Waals surface area contributed by atoms with Crippen LogP contribution in [0.3, 0.4) is 0 Å². The standard InChI is InChI=1S/C15H11ClF3NOS/c16-12-7-6-10(15(17,18)19)8-13(12)20-14(21)9-22-11-4-2-1-3-5-11/h1-8H,9H2,(H,20,21). The Balaban J connectivity index is 2.02. The molecule has 1 amide bonds. The highest BCUT2D eigenvalue weighted by Gasteiger charge is 2.31. The molecule has 2 aromatic carbocycles. The van der Waals surface area contributed by atoms with Crippen molar-refractivity contribution in [3.63, 3.8) is 0 Å². The van der Waals surface area contributed by atoms with Crippen LogP contribution in [0.15, 0.2) is 53.4 Å². The van der Waals surface area contributed by atoms with Crippen LogP contribution in [0.1, 0.15) is 5.56 Å². The van der Waals surface area contributed by atoms with Crippen molar-refractivity contribution in [2.75, 3.05) is 11.1 Å². The van der Waals surface area contributed by atoms with Gasteiger partial charge in [-0.2, -0.15) is 13.2 Å². The molecule has 0 atom stereocenters. The normalized spacial score (nSPS) is 11.3. The number of rotatable bonds is 4. The summed E-state index contributed by atoms with van der Waals surface area (Å²) in [5.41, 5.74) is -0.905. The number of hydrogen-bond donors (Lipinski definition) is 1. The van der Waals surface area contributed by atoms with Gasteiger partial charge in [0.2, 0.25) is 5.91 Å². The van der Waals surface area contributed by atoms with Gasteiger partial charge in [-0.05, 0) is 30.3 Å². The van der Waals surface area contributed by atoms with Gasteiger partial charge in [0, 0.05) is 4.90 Å². The highest BCUT2D eigenvalue weighted by Crippen LogP contribution is 2.33. The molecule has 0 aliphatic rings. The monoisotopic (exact) mass is 345 g/mol. The maximum absolute atomic E-state index is 12.6. The van der Waals surface area contributed by atoms with Crippen LogP contribution in [-0.2, 0) is 11.0 Å². The van der Waals surface area contributed by atoms with Crippen molar-refractivity contribution in [3.8, 4) is 0 Å². The first-order chi connectivity index (χ1) is 10.4. The van der Waals surface area contributed by atoms with Gasteiger partial charge >= 0.3 is 6.18 Å². The molecule has 7 heteroatoms. The molecule has 0 aromatic heterocycles. The minimum atomic E-state index is -4.48. The summed E-state index contributed by atoms with van der Waals surface area (Å²) < 4.78 is 37.9. The van der Waals surface area contributed by atoms with Gasteiger partial charge in [0.15, 0.2) is 0 Å². The predicted octanol–water partition coefficient (Wildman–Crippen LogP) is 5.09. The van der Waals surface area contributed by atoms with Crippen LogP contribution in [0.2, 0.25) is 5.02 Å². The molecule has 1 N–H and O–H groups in total. The highest BCUT2D eigenvalue weighted by molar-refractivity contribution is 8.00. The summed E-state index contributed by atoms with van der Waals surface area (Å²) in [7, 11) is 0. The molecular formula is C15H11ClF3NOS. The molecule has 0 unspecified atom stereocenters. The summed E-state index contributed by atoms with van der Waals surface area (Å²) in [6, 6.07) is 12.0. The quantitative estimate of drug-likeness (QED) is 0.782. The topological polar surface area (TPSA) is 29.1 Å². The van der Waals surface area contributed by atoms with Crippen LogP contribution in [0.25, 0.3) is 0 Å². The van der Waals surface area contributed by atoms with Crippen LogP contribution < -0.4 is 5.32 Å². The Hall–Kier alpha value is -1.66. The average Bonchev–Trinajstić information content (AvgIpc) is 2.47. The number of anilines is 1. The lowest BCUT2D eigenvalue weighted by Gasteiger charge is -2.11. The minimum absolute atomic E-state index is 0.0462. The zero-order valence-corrected chi connectivity index (χ0v) is 12.7. The molecule has 0 aliphatic carbocycles. The Kier molecular flexibility index (Phi) is 5.37. The molecule has 2 rings (SSSR count). The van der Waals surface area contributed by atoms with Crippen molar-refractivity contribution in [2.45, 2.75) is 11.1 Å². The van der Waals surface area contributed by atoms with Gasteiger partial charge in [0.25, 0.3) is 0 Å². The summed E-state index contributed by atoms with van der Waals surface area (Å²) in [4.78, 5) is 12.7. The number of halogens is 4. The zero-order chi connectivity index (χ0) is 16.2. The SMILES string of the molecule is O=C(CSc1ccccc1)Nc1cc(C(F)(F)F)ccc1Cl. The summed E-state index contributed by atoms with van der Waals surface area (Å²) in [5.74, 6) is -0.341. The summed E-state index contributed by atoms with van der Waals surface area (Å²) in [6.45, 7) is 0. The largest absolute Gasteiger partial charge is 0.416 e. The molecule has 0 saturated carbocycles. The van der Waals surface area contributed by atoms with E-state index in [9.17, 15) is 18.0 Å². The number of carbonyl (C=O) groups excluding carboxylic acids is 1. The highest BCUT2D eigenvalue weighted by atomic mass is 35.5. The maximum atomic E-state index is 12.6. The van der Waals surface area contributed by atoms with Crippen molar-refractivity contribution < 1.29 is 18.0 Å². The predicted molar refractivity (Wildman–Crippen MR) is 82.2 cm³/mol. The van der Waals surface area contributed by atoms with E-state index in [1.54, 1.807) is 0 Å². The van der Waals surface area contributed by atoms with Gasteiger partial charge in [-0.25, -0.2) is 0 Å². The van der Waals surface area contributed by atoms with Crippen molar-refractivity contribution in [1.82, 2.24) is 0 Å². The fraction of sp³-hybridized carbons (Fsp3) is 0.133. The van der Waals surface area contributed by atoms with Crippen molar-refractivity contribution in [1.29, 1.82) is 0 Å². The summed E-state index contributed by atoms with van der Waals surface area (Å²) >= 11 is 7.10. The molecule has 2 aromatic rings. The number of nitrogens with one attached hydrogen (secondary N) is 1. The first kappa shape index (κ1) is 16.7. The van der Waals surface area contributed by atoms with E-state index in [0.29, 0.717) is 0 Å². The van der Waals surface area contributed by atoms with Gasteiger partial charge in [0.1, 0.15) is 0 Å². The van der Waals surface area contributed by atoms with Gasteiger partial charge < -0.3 is 5.32 Å². The second-order valence-electron chi connectivity index (χ2n) is 4.34. The van der Waals surface area contributed by atoms with Crippen LogP contribution in [0, 0.1) is 0 Å². The number of benzene rings is 2. The molecule has 0 saturated heterocycles. The van der Waals surface area contributed by atoms with E-state index in [1.807, 2.05) is 30.3 Å². The summed E-state index contributed by atoms with van der Waals surface area (Å²) in [6.07, 6.45) is -4.48. The lowest BCUT2D eigenvalue weighted by Crippen LogP contribution is -2.15. The Morgan fingerprint density at radius 1 is 1.14 bits per heavy atom. The van der Waals surface area contributed by atoms with E-state index in [1.165, 1.54) is 11.8 Å². The molecule has 2 nitrogen and oxygen atoms in total. The number of alkyl halides is 3. The zero-order valence-electron chi connectivity index (χ0n) is 11.2. The average molecular weight is 346 g/mol. The lowest BCUT2D eigenvalue weighted by molar-refractivity contribution is -0.137. The van der Waals surface area contributed by atoms with E-state index in [0.717, 1.165) is 23.1 Å². The van der Waals surface area contributed by atoms with Crippen molar-refractivity contribution >= 4 is 35.0 Å². The van der Waals surface area contributed by atoms with E-state index in [-0.39, 0.29) is 16.5 Å². The molecule has 22 heavy (non-hydrogen) atoms. The molecule has 0 bridgehead atoms. The van der Waals surface area contributed by atoms with E-state index < -0.39 is 17.6 Å². The Labute approximate surface area is 134 Å². The Bertz CT molecular complexity index is 662. The Morgan fingerprint density at radius 2 is 1.82 bits per heavy atom. The second kappa shape index (κ2) is 7.07. The molecule has 0 heterocycles. The fourth-order valence-corrected chi connectivity index (χ4v) is 2.53. The van der Waals surface area contributed by atoms with Crippen molar-refractivity contribution in [2.24, 2.45) is 0 Å². The first-order valence-corrected chi connectivity index (χ1v) is 7.57. The third-order valence-electron chi connectivity index (χ3n) is 2.68. The minimum Gasteiger partial charge on any atom is -0.324 e. The van der Waals surface area contributed by atoms with Crippen LogP contribution in [0.4, 0.5) is 18.9 Å². The molecule has 0 fully saturated rings. The Morgan fingerprint density at radius 3 is 2.45 bits per heavy atom. The lowest BCUT2D eigenvalue weighted by atomic mass is 10.2. The van der Waals surface area contributed by atoms with E-state index >= 15 is 0 Å². The number of thioether (sulfide) groups is 1. The third-order valence-corrected chi connectivity index (χ3v) is 4.02.